The van der Waals surface area contributed by atoms with Crippen LogP contribution in [0.15, 0.2) is 71.8 Å². The maximum absolute atomic E-state index is 12.7. The van der Waals surface area contributed by atoms with Gasteiger partial charge < -0.3 is 14.8 Å². The van der Waals surface area contributed by atoms with E-state index in [0.717, 1.165) is 28.5 Å². The number of hydrazone groups is 1. The molecule has 0 spiro atoms. The lowest BCUT2D eigenvalue weighted by molar-refractivity contribution is -0.118. The van der Waals surface area contributed by atoms with Crippen LogP contribution in [0.1, 0.15) is 70.4 Å². The number of rotatable bonds is 8. The van der Waals surface area contributed by atoms with Crippen LogP contribution in [0.2, 0.25) is 0 Å². The minimum atomic E-state index is -0.466. The number of benzene rings is 3. The quantitative estimate of drug-likeness (QED) is 0.276. The molecule has 0 aromatic heterocycles. The summed E-state index contributed by atoms with van der Waals surface area (Å²) in [4.78, 5) is 37.8. The molecule has 42 heavy (non-hydrogen) atoms. The van der Waals surface area contributed by atoms with Gasteiger partial charge in [-0.1, -0.05) is 24.3 Å². The van der Waals surface area contributed by atoms with Crippen molar-refractivity contribution < 1.29 is 23.9 Å². The van der Waals surface area contributed by atoms with Crippen molar-refractivity contribution in [2.24, 2.45) is 22.9 Å². The Hall–Kier alpha value is -4.46. The number of imide groups is 1. The van der Waals surface area contributed by atoms with E-state index in [0.29, 0.717) is 33.6 Å². The van der Waals surface area contributed by atoms with Gasteiger partial charge in [0, 0.05) is 5.69 Å². The molecule has 3 amide bonds. The van der Waals surface area contributed by atoms with Crippen LogP contribution in [0.3, 0.4) is 0 Å². The van der Waals surface area contributed by atoms with Crippen molar-refractivity contribution in [3.8, 4) is 11.5 Å². The molecule has 214 valence electrons. The minimum Gasteiger partial charge on any atom is -0.493 e. The standard InChI is InChI=1S/C34H33N3O5/c1-41-30-15-21(19-35-37-32(39)27-4-2-3-5-28(27)33(37)40)6-11-29(30)42-20-31(38)36-26-9-7-25(8-10-26)34-16-22-12-23(17-34)14-24(13-22)18-34/h2-11,15,19,22-24H,12-14,16-18,20H2,1H3,(H,36,38)/b35-19-. The first kappa shape index (κ1) is 26.4. The molecule has 1 N–H and O–H groups in total. The first-order valence-corrected chi connectivity index (χ1v) is 14.6. The van der Waals surface area contributed by atoms with Crippen molar-refractivity contribution in [3.05, 3.63) is 89.0 Å². The Morgan fingerprint density at radius 3 is 2.12 bits per heavy atom. The topological polar surface area (TPSA) is 97.3 Å². The fourth-order valence-electron chi connectivity index (χ4n) is 8.00. The minimum absolute atomic E-state index is 0.185. The van der Waals surface area contributed by atoms with E-state index in [1.165, 1.54) is 57.4 Å². The van der Waals surface area contributed by atoms with Crippen LogP contribution in [0.25, 0.3) is 0 Å². The number of carbonyl (C=O) groups excluding carboxylic acids is 3. The Kier molecular flexibility index (Phi) is 6.56. The molecular weight excluding hydrogens is 530 g/mol. The van der Waals surface area contributed by atoms with Gasteiger partial charge in [-0.05, 0) is 115 Å². The zero-order valence-electron chi connectivity index (χ0n) is 23.5. The predicted molar refractivity (Wildman–Crippen MR) is 158 cm³/mol. The molecule has 3 aromatic rings. The van der Waals surface area contributed by atoms with Gasteiger partial charge in [0.05, 0.1) is 24.5 Å². The molecule has 4 aliphatic carbocycles. The van der Waals surface area contributed by atoms with Gasteiger partial charge >= 0.3 is 0 Å². The summed E-state index contributed by atoms with van der Waals surface area (Å²) < 4.78 is 11.2. The van der Waals surface area contributed by atoms with Crippen LogP contribution < -0.4 is 14.8 Å². The second kappa shape index (κ2) is 10.4. The van der Waals surface area contributed by atoms with Crippen LogP contribution >= 0.6 is 0 Å². The van der Waals surface area contributed by atoms with E-state index in [1.807, 2.05) is 12.1 Å². The molecule has 1 heterocycles. The van der Waals surface area contributed by atoms with Gasteiger partial charge in [0.1, 0.15) is 0 Å². The fourth-order valence-corrected chi connectivity index (χ4v) is 8.00. The number of carbonyl (C=O) groups is 3. The maximum atomic E-state index is 12.7. The van der Waals surface area contributed by atoms with E-state index >= 15 is 0 Å². The monoisotopic (exact) mass is 563 g/mol. The summed E-state index contributed by atoms with van der Waals surface area (Å²) in [7, 11) is 1.50. The molecule has 0 atom stereocenters. The van der Waals surface area contributed by atoms with Gasteiger partial charge in [0.25, 0.3) is 17.7 Å². The largest absolute Gasteiger partial charge is 0.493 e. The molecule has 0 radical (unpaired) electrons. The summed E-state index contributed by atoms with van der Waals surface area (Å²) in [5.41, 5.74) is 3.77. The first-order chi connectivity index (χ1) is 20.4. The van der Waals surface area contributed by atoms with Crippen molar-refractivity contribution in [2.45, 2.75) is 43.9 Å². The molecule has 0 saturated heterocycles. The average molecular weight is 564 g/mol. The number of ether oxygens (including phenoxy) is 2. The molecule has 4 bridgehead atoms. The molecule has 3 aromatic carbocycles. The van der Waals surface area contributed by atoms with E-state index < -0.39 is 11.8 Å². The Morgan fingerprint density at radius 2 is 1.52 bits per heavy atom. The number of nitrogens with one attached hydrogen (secondary N) is 1. The molecule has 8 rings (SSSR count). The summed E-state index contributed by atoms with van der Waals surface area (Å²) in [6, 6.07) is 20.1. The third-order valence-electron chi connectivity index (χ3n) is 9.46. The van der Waals surface area contributed by atoms with Crippen molar-refractivity contribution >= 4 is 29.6 Å². The van der Waals surface area contributed by atoms with E-state index in [-0.39, 0.29) is 12.5 Å². The molecule has 5 aliphatic rings. The lowest BCUT2D eigenvalue weighted by atomic mass is 9.48. The highest BCUT2D eigenvalue weighted by Gasteiger charge is 2.51. The van der Waals surface area contributed by atoms with Crippen LogP contribution in [0.5, 0.6) is 11.5 Å². The second-order valence-corrected chi connectivity index (χ2v) is 12.2. The van der Waals surface area contributed by atoms with Gasteiger partial charge in [-0.15, -0.1) is 0 Å². The number of nitrogens with zero attached hydrogens (tertiary/aromatic N) is 2. The molecule has 4 fully saturated rings. The highest BCUT2D eigenvalue weighted by molar-refractivity contribution is 6.21. The average Bonchev–Trinajstić information content (AvgIpc) is 3.23. The summed E-state index contributed by atoms with van der Waals surface area (Å²) in [6.45, 7) is -0.185. The SMILES string of the molecule is COc1cc(/C=N\N2C(=O)c3ccccc3C2=O)ccc1OCC(=O)Nc1ccc(C23CC4CC(CC(C4)C2)C3)cc1. The van der Waals surface area contributed by atoms with Crippen LogP contribution in [-0.4, -0.2) is 42.7 Å². The number of fused-ring (bicyclic) bond motifs is 1. The molecule has 8 nitrogen and oxygen atoms in total. The highest BCUT2D eigenvalue weighted by atomic mass is 16.5. The Labute approximate surface area is 244 Å². The van der Waals surface area contributed by atoms with E-state index in [4.69, 9.17) is 9.47 Å². The van der Waals surface area contributed by atoms with Crippen molar-refractivity contribution in [1.82, 2.24) is 5.01 Å². The van der Waals surface area contributed by atoms with Crippen LogP contribution in [-0.2, 0) is 10.2 Å². The normalized spacial score (nSPS) is 25.6. The Bertz CT molecular complexity index is 1520. The third-order valence-corrected chi connectivity index (χ3v) is 9.46. The first-order valence-electron chi connectivity index (χ1n) is 14.6. The zero-order valence-corrected chi connectivity index (χ0v) is 23.5. The highest BCUT2D eigenvalue weighted by Crippen LogP contribution is 2.60. The third kappa shape index (κ3) is 4.74. The predicted octanol–water partition coefficient (Wildman–Crippen LogP) is 5.81. The molecule has 1 aliphatic heterocycles. The lowest BCUT2D eigenvalue weighted by Gasteiger charge is -2.57. The molecular formula is C34H33N3O5. The van der Waals surface area contributed by atoms with Gasteiger partial charge in [0.15, 0.2) is 18.1 Å². The number of anilines is 1. The molecule has 0 unspecified atom stereocenters. The van der Waals surface area contributed by atoms with E-state index in [9.17, 15) is 14.4 Å². The van der Waals surface area contributed by atoms with Crippen molar-refractivity contribution in [1.29, 1.82) is 0 Å². The van der Waals surface area contributed by atoms with E-state index in [2.05, 4.69) is 22.6 Å². The Morgan fingerprint density at radius 1 is 0.905 bits per heavy atom. The van der Waals surface area contributed by atoms with Gasteiger partial charge in [-0.2, -0.15) is 10.1 Å². The second-order valence-electron chi connectivity index (χ2n) is 12.2. The zero-order chi connectivity index (χ0) is 28.8. The van der Waals surface area contributed by atoms with Crippen LogP contribution in [0, 0.1) is 17.8 Å². The van der Waals surface area contributed by atoms with Gasteiger partial charge in [0.2, 0.25) is 0 Å². The Balaban J connectivity index is 0.958. The maximum Gasteiger partial charge on any atom is 0.282 e. The summed E-state index contributed by atoms with van der Waals surface area (Å²) >= 11 is 0. The molecule has 4 saturated carbocycles. The summed E-state index contributed by atoms with van der Waals surface area (Å²) in [5, 5.41) is 7.89. The summed E-state index contributed by atoms with van der Waals surface area (Å²) in [6.07, 6.45) is 9.61. The van der Waals surface area contributed by atoms with Crippen molar-refractivity contribution in [2.75, 3.05) is 19.0 Å². The van der Waals surface area contributed by atoms with Gasteiger partial charge in [-0.25, -0.2) is 0 Å². The van der Waals surface area contributed by atoms with Crippen molar-refractivity contribution in [3.63, 3.8) is 0 Å². The van der Waals surface area contributed by atoms with Crippen LogP contribution in [0.4, 0.5) is 5.69 Å². The summed E-state index contributed by atoms with van der Waals surface area (Å²) in [5.74, 6) is 2.26. The van der Waals surface area contributed by atoms with Gasteiger partial charge in [-0.3, -0.25) is 14.4 Å². The number of amides is 3. The number of methoxy groups -OCH3 is 1. The number of hydrogen-bond acceptors (Lipinski definition) is 6. The van der Waals surface area contributed by atoms with E-state index in [1.54, 1.807) is 42.5 Å². The smallest absolute Gasteiger partial charge is 0.282 e. The lowest BCUT2D eigenvalue weighted by Crippen LogP contribution is -2.48. The number of hydrogen-bond donors (Lipinski definition) is 1. The molecule has 8 heteroatoms. The fraction of sp³-hybridized carbons (Fsp3) is 0.353.